The van der Waals surface area contributed by atoms with E-state index in [4.69, 9.17) is 12.5 Å². The van der Waals surface area contributed by atoms with Crippen molar-refractivity contribution in [3.8, 4) is 0 Å². The first-order valence-electron chi connectivity index (χ1n) is 5.50. The zero-order valence-electron chi connectivity index (χ0n) is 9.98. The van der Waals surface area contributed by atoms with Crippen molar-refractivity contribution in [2.24, 2.45) is 0 Å². The Morgan fingerprint density at radius 3 is 2.89 bits per heavy atom. The molecule has 1 saturated heterocycles. The second-order valence-electron chi connectivity index (χ2n) is 4.08. The molecule has 1 fully saturated rings. The Balaban J connectivity index is 2.30. The van der Waals surface area contributed by atoms with Crippen LogP contribution < -0.4 is 11.2 Å². The predicted octanol–water partition coefficient (Wildman–Crippen LogP) is -0.823. The summed E-state index contributed by atoms with van der Waals surface area (Å²) in [6.45, 7) is 0.222. The zero-order valence-corrected chi connectivity index (χ0v) is 12.1. The van der Waals surface area contributed by atoms with Gasteiger partial charge < -0.3 is 17.6 Å². The topological polar surface area (TPSA) is 103 Å². The summed E-state index contributed by atoms with van der Waals surface area (Å²) in [5.74, 6) is 0. The lowest BCUT2D eigenvalue weighted by molar-refractivity contribution is -0.0598. The molecular formula is C10H13IN2O6. The lowest BCUT2D eigenvalue weighted by Crippen LogP contribution is -2.37. The molecule has 1 aliphatic rings. The molecule has 2 rings (SSSR count). The molecule has 0 bridgehead atoms. The maximum atomic E-state index is 11.7. The SMILES string of the molecule is COC[C@H]1O[C@@H](n2ccc(=O)[nH]c2=O)C(O)C1OI. The number of methoxy groups -OCH3 is 1. The van der Waals surface area contributed by atoms with Gasteiger partial charge in [0.2, 0.25) is 0 Å². The highest BCUT2D eigenvalue weighted by Gasteiger charge is 2.45. The third-order valence-corrected chi connectivity index (χ3v) is 3.46. The van der Waals surface area contributed by atoms with Gasteiger partial charge >= 0.3 is 5.69 Å². The van der Waals surface area contributed by atoms with E-state index in [0.29, 0.717) is 0 Å². The van der Waals surface area contributed by atoms with Crippen LogP contribution in [0, 0.1) is 0 Å². The lowest BCUT2D eigenvalue weighted by atomic mass is 10.1. The number of ether oxygens (including phenoxy) is 2. The van der Waals surface area contributed by atoms with Crippen molar-refractivity contribution in [3.63, 3.8) is 0 Å². The van der Waals surface area contributed by atoms with Gasteiger partial charge in [0.15, 0.2) is 6.23 Å². The Bertz CT molecular complexity index is 543. The molecule has 0 aliphatic carbocycles. The fraction of sp³-hybridized carbons (Fsp3) is 0.600. The van der Waals surface area contributed by atoms with E-state index in [1.165, 1.54) is 19.4 Å². The molecule has 9 heteroatoms. The third kappa shape index (κ3) is 2.89. The fourth-order valence-corrected chi connectivity index (χ4v) is 2.61. The average molecular weight is 384 g/mol. The number of nitrogens with zero attached hydrogens (tertiary/aromatic N) is 1. The molecule has 8 nitrogen and oxygen atoms in total. The van der Waals surface area contributed by atoms with Crippen LogP contribution in [0.4, 0.5) is 0 Å². The largest absolute Gasteiger partial charge is 0.386 e. The number of aliphatic hydroxyl groups excluding tert-OH is 1. The Kier molecular flexibility index (Phi) is 4.73. The maximum absolute atomic E-state index is 11.7. The summed E-state index contributed by atoms with van der Waals surface area (Å²) in [7, 11) is 1.50. The summed E-state index contributed by atoms with van der Waals surface area (Å²) < 4.78 is 16.8. The first-order chi connectivity index (χ1) is 9.08. The number of H-pyrrole nitrogens is 1. The molecule has 0 amide bonds. The highest BCUT2D eigenvalue weighted by atomic mass is 127. The molecule has 4 atom stereocenters. The monoisotopic (exact) mass is 384 g/mol. The number of halogens is 1. The van der Waals surface area contributed by atoms with E-state index in [2.05, 4.69) is 4.98 Å². The van der Waals surface area contributed by atoms with Crippen molar-refractivity contribution in [1.29, 1.82) is 0 Å². The van der Waals surface area contributed by atoms with Crippen molar-refractivity contribution >= 4 is 23.0 Å². The summed E-state index contributed by atoms with van der Waals surface area (Å²) in [6.07, 6.45) is -1.82. The van der Waals surface area contributed by atoms with E-state index in [-0.39, 0.29) is 6.61 Å². The number of aliphatic hydroxyl groups is 1. The van der Waals surface area contributed by atoms with Crippen molar-refractivity contribution in [1.82, 2.24) is 9.55 Å². The van der Waals surface area contributed by atoms with Crippen molar-refractivity contribution in [2.45, 2.75) is 24.5 Å². The summed E-state index contributed by atoms with van der Waals surface area (Å²) >= 11 is 1.66. The molecule has 1 aromatic rings. The number of aromatic nitrogens is 2. The van der Waals surface area contributed by atoms with Gasteiger partial charge in [0.05, 0.1) is 6.61 Å². The molecule has 0 radical (unpaired) electrons. The molecule has 1 aromatic heterocycles. The summed E-state index contributed by atoms with van der Waals surface area (Å²) in [5, 5.41) is 10.1. The smallest absolute Gasteiger partial charge is 0.330 e. The van der Waals surface area contributed by atoms with Crippen LogP contribution in [0.15, 0.2) is 21.9 Å². The van der Waals surface area contributed by atoms with E-state index < -0.39 is 35.8 Å². The number of hydrogen-bond acceptors (Lipinski definition) is 6. The van der Waals surface area contributed by atoms with Crippen LogP contribution in [0.5, 0.6) is 0 Å². The van der Waals surface area contributed by atoms with Gasteiger partial charge in [-0.15, -0.1) is 0 Å². The molecular weight excluding hydrogens is 371 g/mol. The molecule has 0 spiro atoms. The van der Waals surface area contributed by atoms with Gasteiger partial charge in [0, 0.05) is 19.4 Å². The normalized spacial score (nSPS) is 30.7. The highest BCUT2D eigenvalue weighted by Crippen LogP contribution is 2.31. The van der Waals surface area contributed by atoms with Gasteiger partial charge in [-0.2, -0.15) is 0 Å². The number of rotatable bonds is 4. The highest BCUT2D eigenvalue weighted by molar-refractivity contribution is 14.1. The minimum Gasteiger partial charge on any atom is -0.386 e. The van der Waals surface area contributed by atoms with E-state index in [9.17, 15) is 14.7 Å². The van der Waals surface area contributed by atoms with Gasteiger partial charge in [-0.3, -0.25) is 14.3 Å². The molecule has 2 N–H and O–H groups in total. The van der Waals surface area contributed by atoms with Crippen molar-refractivity contribution in [3.05, 3.63) is 33.1 Å². The standard InChI is InChI=1S/C10H13IN2O6/c1-17-4-5-8(19-11)7(15)9(18-5)13-3-2-6(14)12-10(13)16/h2-3,5,7-9,15H,4H2,1H3,(H,12,14,16)/t5-,7?,8?,9-/m1/s1. The Hall–Kier alpha value is -0.750. The summed E-state index contributed by atoms with van der Waals surface area (Å²) in [6, 6.07) is 1.18. The maximum Gasteiger partial charge on any atom is 0.330 e. The molecule has 1 aliphatic heterocycles. The van der Waals surface area contributed by atoms with Gasteiger partial charge in [-0.25, -0.2) is 4.79 Å². The van der Waals surface area contributed by atoms with Gasteiger partial charge in [-0.05, 0) is 0 Å². The van der Waals surface area contributed by atoms with Crippen LogP contribution in [0.3, 0.4) is 0 Å². The predicted molar refractivity (Wildman–Crippen MR) is 72.0 cm³/mol. The molecule has 19 heavy (non-hydrogen) atoms. The van der Waals surface area contributed by atoms with Gasteiger partial charge in [-0.1, -0.05) is 0 Å². The quantitative estimate of drug-likeness (QED) is 0.658. The molecule has 2 heterocycles. The van der Waals surface area contributed by atoms with E-state index in [1.807, 2.05) is 0 Å². The summed E-state index contributed by atoms with van der Waals surface area (Å²) in [4.78, 5) is 24.8. The number of aromatic amines is 1. The van der Waals surface area contributed by atoms with E-state index in [0.717, 1.165) is 4.57 Å². The average Bonchev–Trinajstić information content (AvgIpc) is 2.66. The van der Waals surface area contributed by atoms with Crippen LogP contribution in [0.1, 0.15) is 6.23 Å². The molecule has 0 saturated carbocycles. The molecule has 2 unspecified atom stereocenters. The second-order valence-corrected chi connectivity index (χ2v) is 4.59. The minimum atomic E-state index is -1.04. The fourth-order valence-electron chi connectivity index (χ4n) is 1.99. The van der Waals surface area contributed by atoms with Crippen molar-refractivity contribution < 1.29 is 17.6 Å². The molecule has 0 aromatic carbocycles. The van der Waals surface area contributed by atoms with E-state index >= 15 is 0 Å². The van der Waals surface area contributed by atoms with Crippen LogP contribution in [-0.2, 0) is 12.5 Å². The zero-order chi connectivity index (χ0) is 14.0. The van der Waals surface area contributed by atoms with Crippen LogP contribution in [-0.4, -0.2) is 46.7 Å². The Labute approximate surface area is 122 Å². The van der Waals surface area contributed by atoms with Gasteiger partial charge in [0.25, 0.3) is 5.56 Å². The second kappa shape index (κ2) is 6.13. The van der Waals surface area contributed by atoms with Crippen LogP contribution in [0.2, 0.25) is 0 Å². The Morgan fingerprint density at radius 2 is 2.32 bits per heavy atom. The lowest BCUT2D eigenvalue weighted by Gasteiger charge is -2.17. The van der Waals surface area contributed by atoms with Crippen molar-refractivity contribution in [2.75, 3.05) is 13.7 Å². The third-order valence-electron chi connectivity index (χ3n) is 2.87. The first-order valence-corrected chi connectivity index (χ1v) is 6.38. The number of nitrogens with one attached hydrogen (secondary N) is 1. The number of hydrogen-bond donors (Lipinski definition) is 2. The minimum absolute atomic E-state index is 0.222. The Morgan fingerprint density at radius 1 is 1.58 bits per heavy atom. The molecule has 106 valence electrons. The van der Waals surface area contributed by atoms with Crippen LogP contribution >= 0.6 is 23.0 Å². The van der Waals surface area contributed by atoms with Gasteiger partial charge in [0.1, 0.15) is 41.3 Å². The summed E-state index contributed by atoms with van der Waals surface area (Å²) in [5.41, 5.74) is -1.16. The van der Waals surface area contributed by atoms with Crippen LogP contribution in [0.25, 0.3) is 0 Å². The first kappa shape index (κ1) is 14.7. The van der Waals surface area contributed by atoms with E-state index in [1.54, 1.807) is 23.0 Å².